The minimum absolute atomic E-state index is 0.0559. The Bertz CT molecular complexity index is 1650. The van der Waals surface area contributed by atoms with E-state index < -0.39 is 8.07 Å². The number of thiophene rings is 1. The highest BCUT2D eigenvalue weighted by atomic mass is 32.1. The fraction of sp³-hybridized carbons (Fsp3) is 0.303. The van der Waals surface area contributed by atoms with E-state index >= 15 is 0 Å². The molecule has 0 N–H and O–H groups in total. The van der Waals surface area contributed by atoms with E-state index in [1.165, 1.54) is 42.4 Å². The summed E-state index contributed by atoms with van der Waals surface area (Å²) in [6, 6.07) is 22.9. The van der Waals surface area contributed by atoms with E-state index in [0.29, 0.717) is 5.92 Å². The largest absolute Gasteiger partial charge is 0.255 e. The Morgan fingerprint density at radius 3 is 2.44 bits per heavy atom. The molecule has 0 amide bonds. The van der Waals surface area contributed by atoms with Gasteiger partial charge in [0.25, 0.3) is 0 Å². The lowest BCUT2D eigenvalue weighted by atomic mass is 9.82. The number of fused-ring (bicyclic) bond motifs is 6. The van der Waals surface area contributed by atoms with Crippen LogP contribution in [0.2, 0.25) is 13.1 Å². The molecule has 1 nitrogen and oxygen atoms in total. The Kier molecular flexibility index (Phi) is 5.33. The first kappa shape index (κ1) is 23.6. The van der Waals surface area contributed by atoms with Gasteiger partial charge in [-0.2, -0.15) is 0 Å². The average Bonchev–Trinajstić information content (AvgIpc) is 3.31. The highest BCUT2D eigenvalue weighted by molar-refractivity contribution is 7.28. The van der Waals surface area contributed by atoms with Crippen molar-refractivity contribution >= 4 is 50.6 Å². The van der Waals surface area contributed by atoms with Crippen LogP contribution in [0.15, 0.2) is 66.9 Å². The van der Waals surface area contributed by atoms with E-state index in [9.17, 15) is 0 Å². The van der Waals surface area contributed by atoms with Gasteiger partial charge in [0.05, 0.1) is 10.4 Å². The van der Waals surface area contributed by atoms with Gasteiger partial charge in [-0.25, -0.2) is 0 Å². The van der Waals surface area contributed by atoms with Gasteiger partial charge in [0.1, 0.15) is 8.07 Å². The van der Waals surface area contributed by atoms with Crippen molar-refractivity contribution in [3.05, 3.63) is 78.0 Å². The number of aromatic nitrogens is 1. The maximum atomic E-state index is 5.02. The summed E-state index contributed by atoms with van der Waals surface area (Å²) in [6.07, 6.45) is 3.17. The van der Waals surface area contributed by atoms with E-state index in [-0.39, 0.29) is 5.41 Å². The van der Waals surface area contributed by atoms with Crippen molar-refractivity contribution in [3.8, 4) is 21.7 Å². The molecule has 0 unspecified atom stereocenters. The molecule has 0 aliphatic carbocycles. The summed E-state index contributed by atoms with van der Waals surface area (Å²) in [5, 5.41) is 7.29. The highest BCUT2D eigenvalue weighted by Crippen LogP contribution is 2.44. The van der Waals surface area contributed by atoms with E-state index in [0.717, 1.165) is 12.1 Å². The van der Waals surface area contributed by atoms with Crippen molar-refractivity contribution in [1.29, 1.82) is 0 Å². The second-order valence-corrected chi connectivity index (χ2v) is 17.7. The molecule has 5 aromatic rings. The van der Waals surface area contributed by atoms with Gasteiger partial charge in [-0.15, -0.1) is 11.3 Å². The molecule has 3 heterocycles. The van der Waals surface area contributed by atoms with Gasteiger partial charge >= 0.3 is 0 Å². The molecule has 1 aliphatic heterocycles. The van der Waals surface area contributed by atoms with Gasteiger partial charge in [-0.3, -0.25) is 4.98 Å². The lowest BCUT2D eigenvalue weighted by molar-refractivity contribution is 0.596. The maximum Gasteiger partial charge on any atom is 0.115 e. The number of hydrogen-bond acceptors (Lipinski definition) is 2. The fourth-order valence-corrected chi connectivity index (χ4v) is 11.9. The molecule has 0 saturated heterocycles. The molecule has 3 aromatic carbocycles. The first-order chi connectivity index (χ1) is 17.1. The molecule has 0 spiro atoms. The van der Waals surface area contributed by atoms with Gasteiger partial charge < -0.3 is 0 Å². The first-order valence-corrected chi connectivity index (χ1v) is 17.0. The number of benzene rings is 3. The topological polar surface area (TPSA) is 12.9 Å². The monoisotopic (exact) mass is 505 g/mol. The zero-order valence-electron chi connectivity index (χ0n) is 22.5. The molecular formula is C33H35NSSi. The third-order valence-corrected chi connectivity index (χ3v) is 12.8. The Labute approximate surface area is 220 Å². The SMILES string of the molecule is CC(C)Cc1cccc2c1-c1sc3c(-c4cc(C(C)(C)C)c5ccccc5c4)nccc3c1[Si]2(C)C. The summed E-state index contributed by atoms with van der Waals surface area (Å²) in [4.78, 5) is 6.53. The van der Waals surface area contributed by atoms with Crippen molar-refractivity contribution in [1.82, 2.24) is 4.98 Å². The Balaban J connectivity index is 1.64. The van der Waals surface area contributed by atoms with Gasteiger partial charge in [-0.05, 0) is 79.2 Å². The van der Waals surface area contributed by atoms with Gasteiger partial charge in [0.2, 0.25) is 0 Å². The van der Waals surface area contributed by atoms with Crippen LogP contribution < -0.4 is 10.4 Å². The lowest BCUT2D eigenvalue weighted by Crippen LogP contribution is -2.49. The molecule has 6 rings (SSSR count). The highest BCUT2D eigenvalue weighted by Gasteiger charge is 2.42. The van der Waals surface area contributed by atoms with Crippen LogP contribution in [0, 0.1) is 5.92 Å². The Morgan fingerprint density at radius 2 is 1.69 bits per heavy atom. The Morgan fingerprint density at radius 1 is 0.917 bits per heavy atom. The standard InChI is InChI=1S/C33H35NSSi/c1-20(2)17-22-12-10-14-27-28(22)31-32(36(27,6)7)25-15-16-34-29(30(25)35-31)23-18-21-11-8-9-13-24(21)26(19-23)33(3,4)5/h8-16,18-20H,17H2,1-7H3. The molecule has 0 radical (unpaired) electrons. The molecule has 182 valence electrons. The van der Waals surface area contributed by atoms with Crippen molar-refractivity contribution in [2.75, 3.05) is 0 Å². The third-order valence-electron chi connectivity index (χ3n) is 7.85. The minimum atomic E-state index is -1.80. The molecule has 0 fully saturated rings. The number of rotatable bonds is 3. The number of pyridine rings is 1. The summed E-state index contributed by atoms with van der Waals surface area (Å²) >= 11 is 1.99. The second-order valence-electron chi connectivity index (χ2n) is 12.4. The Hall–Kier alpha value is -2.75. The zero-order chi connectivity index (χ0) is 25.4. The summed E-state index contributed by atoms with van der Waals surface area (Å²) in [5.74, 6) is 0.644. The zero-order valence-corrected chi connectivity index (χ0v) is 24.3. The van der Waals surface area contributed by atoms with Crippen molar-refractivity contribution in [3.63, 3.8) is 0 Å². The lowest BCUT2D eigenvalue weighted by Gasteiger charge is -2.23. The minimum Gasteiger partial charge on any atom is -0.255 e. The smallest absolute Gasteiger partial charge is 0.115 e. The molecule has 1 aliphatic rings. The van der Waals surface area contributed by atoms with Crippen LogP contribution >= 0.6 is 11.3 Å². The van der Waals surface area contributed by atoms with Crippen LogP contribution in [-0.2, 0) is 11.8 Å². The second kappa shape index (κ2) is 8.13. The fourth-order valence-electron chi connectivity index (χ4n) is 6.23. The van der Waals surface area contributed by atoms with Crippen molar-refractivity contribution in [2.24, 2.45) is 5.92 Å². The van der Waals surface area contributed by atoms with Gasteiger partial charge in [-0.1, -0.05) is 90.2 Å². The van der Waals surface area contributed by atoms with E-state index in [2.05, 4.69) is 108 Å². The molecule has 3 heteroatoms. The van der Waals surface area contributed by atoms with Crippen molar-refractivity contribution < 1.29 is 0 Å². The van der Waals surface area contributed by atoms with E-state index in [4.69, 9.17) is 4.98 Å². The normalized spacial score (nSPS) is 14.6. The summed E-state index contributed by atoms with van der Waals surface area (Å²) in [6.45, 7) is 16.7. The summed E-state index contributed by atoms with van der Waals surface area (Å²) in [5.41, 5.74) is 6.87. The molecule has 0 saturated carbocycles. The average molecular weight is 506 g/mol. The summed E-state index contributed by atoms with van der Waals surface area (Å²) in [7, 11) is -1.80. The predicted molar refractivity (Wildman–Crippen MR) is 162 cm³/mol. The number of nitrogens with zero attached hydrogens (tertiary/aromatic N) is 1. The van der Waals surface area contributed by atoms with E-state index in [1.54, 1.807) is 15.9 Å². The van der Waals surface area contributed by atoms with Crippen LogP contribution in [0.4, 0.5) is 0 Å². The molecule has 0 bridgehead atoms. The van der Waals surface area contributed by atoms with Crippen molar-refractivity contribution in [2.45, 2.75) is 59.5 Å². The maximum absolute atomic E-state index is 5.02. The van der Waals surface area contributed by atoms with Gasteiger partial charge in [0, 0.05) is 16.6 Å². The van der Waals surface area contributed by atoms with Crippen LogP contribution in [0.25, 0.3) is 42.6 Å². The quantitative estimate of drug-likeness (QED) is 0.224. The van der Waals surface area contributed by atoms with Gasteiger partial charge in [0.15, 0.2) is 0 Å². The predicted octanol–water partition coefficient (Wildman–Crippen LogP) is 8.42. The molecule has 0 atom stereocenters. The molecule has 2 aromatic heterocycles. The van der Waals surface area contributed by atoms with Crippen LogP contribution in [-0.4, -0.2) is 13.1 Å². The number of hydrogen-bond donors (Lipinski definition) is 0. The van der Waals surface area contributed by atoms with E-state index in [1.807, 2.05) is 17.5 Å². The first-order valence-electron chi connectivity index (χ1n) is 13.2. The van der Waals surface area contributed by atoms with Crippen LogP contribution in [0.3, 0.4) is 0 Å². The third kappa shape index (κ3) is 3.51. The van der Waals surface area contributed by atoms with Crippen LogP contribution in [0.1, 0.15) is 45.7 Å². The molecular weight excluding hydrogens is 471 g/mol. The van der Waals surface area contributed by atoms with Crippen LogP contribution in [0.5, 0.6) is 0 Å². The molecule has 36 heavy (non-hydrogen) atoms. The summed E-state index contributed by atoms with van der Waals surface area (Å²) < 4.78 is 1.35.